The van der Waals surface area contributed by atoms with Crippen molar-refractivity contribution in [2.45, 2.75) is 121 Å². The van der Waals surface area contributed by atoms with E-state index in [1.807, 2.05) is 18.2 Å². The minimum atomic E-state index is -0.0772. The summed E-state index contributed by atoms with van der Waals surface area (Å²) in [5.74, 6) is 1.92. The van der Waals surface area contributed by atoms with E-state index in [0.717, 1.165) is 41.4 Å². The Morgan fingerprint density at radius 3 is 1.92 bits per heavy atom. The van der Waals surface area contributed by atoms with Crippen molar-refractivity contribution in [2.75, 3.05) is 29.6 Å². The second kappa shape index (κ2) is 23.0. The van der Waals surface area contributed by atoms with Gasteiger partial charge in [0.05, 0.1) is 5.69 Å². The van der Waals surface area contributed by atoms with Crippen molar-refractivity contribution in [3.05, 3.63) is 23.8 Å². The minimum Gasteiger partial charge on any atom is -0.352 e. The van der Waals surface area contributed by atoms with Crippen LogP contribution in [-0.2, 0) is 4.79 Å². The molecule has 2 amide bonds. The standard InChI is InChI=1S/C30H52N2O2S2/c1-4-6-7-8-9-10-11-12-13-14-15-16-17-18-20-29(33)32-27-25-26(21-22-28(27)36-5-2)30(34)31-23-19-24-35-3/h21-22,25H,4-20,23-24H2,1-3H3,(H,31,34)(H,32,33). The van der Waals surface area contributed by atoms with Crippen molar-refractivity contribution >= 4 is 41.0 Å². The third-order valence-corrected chi connectivity index (χ3v) is 8.04. The van der Waals surface area contributed by atoms with E-state index in [2.05, 4.69) is 30.7 Å². The molecule has 0 aliphatic rings. The zero-order valence-corrected chi connectivity index (χ0v) is 24.9. The molecule has 0 fully saturated rings. The molecule has 0 saturated carbocycles. The lowest BCUT2D eigenvalue weighted by atomic mass is 10.0. The highest BCUT2D eigenvalue weighted by molar-refractivity contribution is 7.99. The molecule has 0 unspecified atom stereocenters. The average Bonchev–Trinajstić information content (AvgIpc) is 2.87. The van der Waals surface area contributed by atoms with Crippen LogP contribution in [0.15, 0.2) is 23.1 Å². The van der Waals surface area contributed by atoms with E-state index in [-0.39, 0.29) is 11.8 Å². The van der Waals surface area contributed by atoms with E-state index in [0.29, 0.717) is 18.5 Å². The molecule has 0 heterocycles. The fourth-order valence-corrected chi connectivity index (χ4v) is 5.44. The lowest BCUT2D eigenvalue weighted by Gasteiger charge is -2.13. The summed E-state index contributed by atoms with van der Waals surface area (Å²) in [5, 5.41) is 6.05. The van der Waals surface area contributed by atoms with E-state index >= 15 is 0 Å². The normalized spacial score (nSPS) is 11.0. The van der Waals surface area contributed by atoms with Gasteiger partial charge < -0.3 is 10.6 Å². The first-order chi connectivity index (χ1) is 17.6. The molecule has 4 nitrogen and oxygen atoms in total. The Morgan fingerprint density at radius 2 is 1.36 bits per heavy atom. The van der Waals surface area contributed by atoms with Crippen LogP contribution in [0.25, 0.3) is 0 Å². The molecule has 2 N–H and O–H groups in total. The van der Waals surface area contributed by atoms with Gasteiger partial charge in [0, 0.05) is 23.4 Å². The summed E-state index contributed by atoms with van der Waals surface area (Å²) in [6.45, 7) is 5.04. The highest BCUT2D eigenvalue weighted by Crippen LogP contribution is 2.28. The summed E-state index contributed by atoms with van der Waals surface area (Å²) in [6, 6.07) is 5.63. The zero-order valence-electron chi connectivity index (χ0n) is 23.3. The van der Waals surface area contributed by atoms with Gasteiger partial charge in [-0.2, -0.15) is 11.8 Å². The van der Waals surface area contributed by atoms with Crippen molar-refractivity contribution in [2.24, 2.45) is 0 Å². The second-order valence-electron chi connectivity index (χ2n) is 9.64. The molecule has 0 spiro atoms. The minimum absolute atomic E-state index is 0.0458. The third kappa shape index (κ3) is 16.6. The van der Waals surface area contributed by atoms with Gasteiger partial charge in [0.15, 0.2) is 0 Å². The third-order valence-electron chi connectivity index (χ3n) is 6.38. The number of hydrogen-bond acceptors (Lipinski definition) is 4. The van der Waals surface area contributed by atoms with Crippen LogP contribution in [0.5, 0.6) is 0 Å². The number of benzene rings is 1. The number of carbonyl (C=O) groups is 2. The fraction of sp³-hybridized carbons (Fsp3) is 0.733. The number of unbranched alkanes of at least 4 members (excludes halogenated alkanes) is 13. The first-order valence-corrected chi connectivity index (χ1v) is 16.8. The molecule has 0 saturated heterocycles. The highest BCUT2D eigenvalue weighted by atomic mass is 32.2. The van der Waals surface area contributed by atoms with Crippen LogP contribution in [0.3, 0.4) is 0 Å². The molecule has 1 aromatic rings. The van der Waals surface area contributed by atoms with E-state index in [1.54, 1.807) is 23.5 Å². The number of carbonyl (C=O) groups excluding carboxylic acids is 2. The summed E-state index contributed by atoms with van der Waals surface area (Å²) in [4.78, 5) is 26.1. The summed E-state index contributed by atoms with van der Waals surface area (Å²) >= 11 is 3.47. The monoisotopic (exact) mass is 536 g/mol. The van der Waals surface area contributed by atoms with Crippen LogP contribution in [0.4, 0.5) is 5.69 Å². The quantitative estimate of drug-likeness (QED) is 0.108. The largest absolute Gasteiger partial charge is 0.352 e. The molecule has 0 radical (unpaired) electrons. The number of thioether (sulfide) groups is 2. The predicted molar refractivity (Wildman–Crippen MR) is 162 cm³/mol. The summed E-state index contributed by atoms with van der Waals surface area (Å²) in [6.07, 6.45) is 21.9. The molecule has 0 bridgehead atoms. The van der Waals surface area contributed by atoms with Gasteiger partial charge >= 0.3 is 0 Å². The van der Waals surface area contributed by atoms with Gasteiger partial charge in [0.2, 0.25) is 5.91 Å². The Balaban J connectivity index is 2.24. The molecular weight excluding hydrogens is 484 g/mol. The van der Waals surface area contributed by atoms with Crippen LogP contribution in [0.2, 0.25) is 0 Å². The van der Waals surface area contributed by atoms with Gasteiger partial charge in [-0.15, -0.1) is 11.8 Å². The Bertz CT molecular complexity index is 712. The molecule has 6 heteroatoms. The van der Waals surface area contributed by atoms with Crippen LogP contribution >= 0.6 is 23.5 Å². The second-order valence-corrected chi connectivity index (χ2v) is 11.9. The molecule has 0 aromatic heterocycles. The maximum absolute atomic E-state index is 12.6. The van der Waals surface area contributed by atoms with Crippen molar-refractivity contribution < 1.29 is 9.59 Å². The fourth-order valence-electron chi connectivity index (χ4n) is 4.26. The molecule has 0 aliphatic heterocycles. The van der Waals surface area contributed by atoms with Gasteiger partial charge in [0.25, 0.3) is 5.91 Å². The number of anilines is 1. The smallest absolute Gasteiger partial charge is 0.251 e. The van der Waals surface area contributed by atoms with Crippen LogP contribution in [0.1, 0.15) is 127 Å². The maximum atomic E-state index is 12.6. The summed E-state index contributed by atoms with van der Waals surface area (Å²) in [5.41, 5.74) is 1.36. The Kier molecular flexibility index (Phi) is 21.0. The molecule has 206 valence electrons. The first-order valence-electron chi connectivity index (χ1n) is 14.5. The molecule has 0 atom stereocenters. The van der Waals surface area contributed by atoms with Crippen molar-refractivity contribution in [3.63, 3.8) is 0 Å². The van der Waals surface area contributed by atoms with Crippen molar-refractivity contribution in [1.82, 2.24) is 5.32 Å². The Morgan fingerprint density at radius 1 is 0.778 bits per heavy atom. The number of hydrogen-bond donors (Lipinski definition) is 2. The molecule has 36 heavy (non-hydrogen) atoms. The Hall–Kier alpha value is -1.14. The Labute approximate surface area is 230 Å². The lowest BCUT2D eigenvalue weighted by Crippen LogP contribution is -2.25. The van der Waals surface area contributed by atoms with Gasteiger partial charge in [-0.1, -0.05) is 97.3 Å². The SMILES string of the molecule is CCCCCCCCCCCCCCCCC(=O)Nc1cc(C(=O)NCCCSC)ccc1SCC. The van der Waals surface area contributed by atoms with Crippen LogP contribution in [0, 0.1) is 0 Å². The number of nitrogens with one attached hydrogen (secondary N) is 2. The van der Waals surface area contributed by atoms with E-state index < -0.39 is 0 Å². The highest BCUT2D eigenvalue weighted by Gasteiger charge is 2.12. The predicted octanol–water partition coefficient (Wildman–Crippen LogP) is 9.09. The molecule has 1 rings (SSSR count). The number of rotatable bonds is 23. The topological polar surface area (TPSA) is 58.2 Å². The summed E-state index contributed by atoms with van der Waals surface area (Å²) < 4.78 is 0. The average molecular weight is 537 g/mol. The van der Waals surface area contributed by atoms with E-state index in [1.165, 1.54) is 77.0 Å². The first kappa shape index (κ1) is 32.9. The van der Waals surface area contributed by atoms with Gasteiger partial charge in [-0.3, -0.25) is 9.59 Å². The van der Waals surface area contributed by atoms with Crippen molar-refractivity contribution in [1.29, 1.82) is 0 Å². The summed E-state index contributed by atoms with van der Waals surface area (Å²) in [7, 11) is 0. The molecular formula is C30H52N2O2S2. The zero-order chi connectivity index (χ0) is 26.3. The van der Waals surface area contributed by atoms with E-state index in [9.17, 15) is 9.59 Å². The van der Waals surface area contributed by atoms with Crippen LogP contribution in [-0.4, -0.2) is 36.1 Å². The van der Waals surface area contributed by atoms with E-state index in [4.69, 9.17) is 0 Å². The molecule has 0 aliphatic carbocycles. The van der Waals surface area contributed by atoms with Gasteiger partial charge in [-0.05, 0) is 48.8 Å². The molecule has 1 aromatic carbocycles. The number of amides is 2. The van der Waals surface area contributed by atoms with Gasteiger partial charge in [0.1, 0.15) is 0 Å². The van der Waals surface area contributed by atoms with Crippen molar-refractivity contribution in [3.8, 4) is 0 Å². The van der Waals surface area contributed by atoms with Crippen LogP contribution < -0.4 is 10.6 Å². The lowest BCUT2D eigenvalue weighted by molar-refractivity contribution is -0.116. The van der Waals surface area contributed by atoms with Gasteiger partial charge in [-0.25, -0.2) is 0 Å². The maximum Gasteiger partial charge on any atom is 0.251 e.